The van der Waals surface area contributed by atoms with Gasteiger partial charge in [0, 0.05) is 5.56 Å². The van der Waals surface area contributed by atoms with Crippen LogP contribution >= 0.6 is 15.9 Å². The molecule has 130 valence electrons. The van der Waals surface area contributed by atoms with Gasteiger partial charge in [0.15, 0.2) is 0 Å². The first-order valence-electron chi connectivity index (χ1n) is 8.00. The second-order valence-electron chi connectivity index (χ2n) is 7.14. The first kappa shape index (κ1) is 17.4. The van der Waals surface area contributed by atoms with Crippen LogP contribution in [0, 0.1) is 5.82 Å². The highest BCUT2D eigenvalue weighted by Crippen LogP contribution is 2.35. The molecule has 2 aliphatic heterocycles. The van der Waals surface area contributed by atoms with Crippen LogP contribution in [0.3, 0.4) is 0 Å². The van der Waals surface area contributed by atoms with Gasteiger partial charge in [0.05, 0.1) is 29.8 Å². The molecule has 1 aromatic rings. The van der Waals surface area contributed by atoms with Crippen molar-refractivity contribution < 1.29 is 18.7 Å². The predicted octanol–water partition coefficient (Wildman–Crippen LogP) is 4.38. The molecule has 1 saturated heterocycles. The molecular formula is C18H21BrFNO3. The lowest BCUT2D eigenvalue weighted by Crippen LogP contribution is -2.57. The summed E-state index contributed by atoms with van der Waals surface area (Å²) < 4.78 is 26.0. The molecule has 3 rings (SSSR count). The third kappa shape index (κ3) is 3.49. The molecule has 0 spiro atoms. The molecule has 4 nitrogen and oxygen atoms in total. The van der Waals surface area contributed by atoms with Gasteiger partial charge in [-0.2, -0.15) is 0 Å². The standard InChI is InChI=1S/C18H21BrFNO3/c1-18(2,3)24-17(22)21-12-7-11(8-13(21)10-23-9-12)14-5-4-6-15(19)16(14)20/h4-7,12-13H,8-10H2,1-3H3. The monoisotopic (exact) mass is 397 g/mol. The first-order chi connectivity index (χ1) is 11.3. The van der Waals surface area contributed by atoms with Crippen molar-refractivity contribution in [1.29, 1.82) is 0 Å². The highest BCUT2D eigenvalue weighted by Gasteiger charge is 2.40. The molecular weight excluding hydrogens is 377 g/mol. The van der Waals surface area contributed by atoms with Gasteiger partial charge < -0.3 is 9.47 Å². The molecule has 0 aromatic heterocycles. The minimum Gasteiger partial charge on any atom is -0.444 e. The van der Waals surface area contributed by atoms with Crippen molar-refractivity contribution in [3.05, 3.63) is 40.1 Å². The SMILES string of the molecule is CC(C)(C)OC(=O)N1C2C=C(c3cccc(Br)c3F)CC1COC2. The molecule has 0 radical (unpaired) electrons. The number of ether oxygens (including phenoxy) is 2. The molecule has 1 aromatic carbocycles. The van der Waals surface area contributed by atoms with Crippen LogP contribution in [0.2, 0.25) is 0 Å². The van der Waals surface area contributed by atoms with E-state index in [0.717, 1.165) is 5.57 Å². The van der Waals surface area contributed by atoms with Gasteiger partial charge in [-0.05, 0) is 54.8 Å². The van der Waals surface area contributed by atoms with Gasteiger partial charge in [-0.1, -0.05) is 18.2 Å². The van der Waals surface area contributed by atoms with Crippen molar-refractivity contribution in [2.75, 3.05) is 13.2 Å². The molecule has 1 amide bonds. The predicted molar refractivity (Wildman–Crippen MR) is 93.2 cm³/mol. The molecule has 24 heavy (non-hydrogen) atoms. The zero-order valence-corrected chi connectivity index (χ0v) is 15.6. The van der Waals surface area contributed by atoms with E-state index >= 15 is 0 Å². The number of hydrogen-bond donors (Lipinski definition) is 0. The average Bonchev–Trinajstić information content (AvgIpc) is 2.47. The summed E-state index contributed by atoms with van der Waals surface area (Å²) in [5, 5.41) is 0. The Kier molecular flexibility index (Phi) is 4.71. The average molecular weight is 398 g/mol. The van der Waals surface area contributed by atoms with Crippen LogP contribution in [0.5, 0.6) is 0 Å². The third-order valence-electron chi connectivity index (χ3n) is 4.10. The van der Waals surface area contributed by atoms with Crippen molar-refractivity contribution in [2.24, 2.45) is 0 Å². The molecule has 0 saturated carbocycles. The number of halogens is 2. The van der Waals surface area contributed by atoms with Gasteiger partial charge in [0.2, 0.25) is 0 Å². The summed E-state index contributed by atoms with van der Waals surface area (Å²) in [4.78, 5) is 14.3. The Morgan fingerprint density at radius 2 is 2.12 bits per heavy atom. The lowest BCUT2D eigenvalue weighted by molar-refractivity contribution is -0.0510. The first-order valence-corrected chi connectivity index (χ1v) is 8.80. The molecule has 2 atom stereocenters. The van der Waals surface area contributed by atoms with Gasteiger partial charge in [0.1, 0.15) is 11.4 Å². The van der Waals surface area contributed by atoms with Crippen molar-refractivity contribution in [1.82, 2.24) is 4.90 Å². The van der Waals surface area contributed by atoms with E-state index in [1.807, 2.05) is 32.9 Å². The summed E-state index contributed by atoms with van der Waals surface area (Å²) in [5.74, 6) is -0.270. The van der Waals surface area contributed by atoms with Crippen LogP contribution in [0.15, 0.2) is 28.7 Å². The maximum absolute atomic E-state index is 14.4. The number of nitrogens with zero attached hydrogens (tertiary/aromatic N) is 1. The minimum absolute atomic E-state index is 0.142. The lowest BCUT2D eigenvalue weighted by atomic mass is 9.90. The van der Waals surface area contributed by atoms with Crippen LogP contribution in [0.1, 0.15) is 32.8 Å². The fourth-order valence-electron chi connectivity index (χ4n) is 3.15. The van der Waals surface area contributed by atoms with E-state index in [1.54, 1.807) is 17.0 Å². The van der Waals surface area contributed by atoms with Crippen LogP contribution in [-0.4, -0.2) is 41.9 Å². The van der Waals surface area contributed by atoms with Crippen LogP contribution in [-0.2, 0) is 9.47 Å². The van der Waals surface area contributed by atoms with Gasteiger partial charge in [0.25, 0.3) is 0 Å². The van der Waals surface area contributed by atoms with Gasteiger partial charge in [-0.3, -0.25) is 4.90 Å². The third-order valence-corrected chi connectivity index (χ3v) is 4.71. The Morgan fingerprint density at radius 3 is 2.79 bits per heavy atom. The number of rotatable bonds is 1. The number of hydrogen-bond acceptors (Lipinski definition) is 3. The highest BCUT2D eigenvalue weighted by atomic mass is 79.9. The van der Waals surface area contributed by atoms with Crippen molar-refractivity contribution in [3.8, 4) is 0 Å². The van der Waals surface area contributed by atoms with Gasteiger partial charge in [-0.25, -0.2) is 9.18 Å². The van der Waals surface area contributed by atoms with E-state index in [9.17, 15) is 9.18 Å². The van der Waals surface area contributed by atoms with Gasteiger partial charge in [-0.15, -0.1) is 0 Å². The number of morpholine rings is 1. The minimum atomic E-state index is -0.549. The summed E-state index contributed by atoms with van der Waals surface area (Å²) in [7, 11) is 0. The maximum atomic E-state index is 14.4. The topological polar surface area (TPSA) is 38.8 Å². The number of carbonyl (C=O) groups excluding carboxylic acids is 1. The van der Waals surface area contributed by atoms with E-state index in [4.69, 9.17) is 9.47 Å². The second kappa shape index (κ2) is 6.48. The zero-order valence-electron chi connectivity index (χ0n) is 14.0. The Hall–Kier alpha value is -1.40. The van der Waals surface area contributed by atoms with E-state index in [1.165, 1.54) is 0 Å². The molecule has 0 N–H and O–H groups in total. The highest BCUT2D eigenvalue weighted by molar-refractivity contribution is 9.10. The van der Waals surface area contributed by atoms with E-state index < -0.39 is 5.60 Å². The summed E-state index contributed by atoms with van der Waals surface area (Å²) in [6.45, 7) is 6.37. The van der Waals surface area contributed by atoms with E-state index in [2.05, 4.69) is 15.9 Å². The normalized spacial score (nSPS) is 23.7. The number of amides is 1. The summed E-state index contributed by atoms with van der Waals surface area (Å²) in [6.07, 6.45) is 2.12. The molecule has 6 heteroatoms. The second-order valence-corrected chi connectivity index (χ2v) is 8.00. The van der Waals surface area contributed by atoms with Crippen molar-refractivity contribution in [3.63, 3.8) is 0 Å². The smallest absolute Gasteiger partial charge is 0.411 e. The molecule has 2 heterocycles. The van der Waals surface area contributed by atoms with E-state index in [-0.39, 0.29) is 24.0 Å². The van der Waals surface area contributed by atoms with Crippen molar-refractivity contribution >= 4 is 27.6 Å². The van der Waals surface area contributed by atoms with E-state index in [0.29, 0.717) is 29.7 Å². The fraction of sp³-hybridized carbons (Fsp3) is 0.500. The lowest BCUT2D eigenvalue weighted by Gasteiger charge is -2.44. The van der Waals surface area contributed by atoms with Crippen LogP contribution < -0.4 is 0 Å². The summed E-state index contributed by atoms with van der Waals surface area (Å²) >= 11 is 3.23. The molecule has 2 bridgehead atoms. The Labute approximate surface area is 149 Å². The molecule has 2 aliphatic rings. The molecule has 0 aliphatic carbocycles. The van der Waals surface area contributed by atoms with Crippen LogP contribution in [0.4, 0.5) is 9.18 Å². The van der Waals surface area contributed by atoms with Gasteiger partial charge >= 0.3 is 6.09 Å². The number of benzene rings is 1. The maximum Gasteiger partial charge on any atom is 0.411 e. The summed E-state index contributed by atoms with van der Waals surface area (Å²) in [5.41, 5.74) is 0.934. The summed E-state index contributed by atoms with van der Waals surface area (Å²) in [6, 6.07) is 4.89. The number of fused-ring (bicyclic) bond motifs is 2. The Balaban J connectivity index is 1.90. The zero-order chi connectivity index (χ0) is 17.5. The Morgan fingerprint density at radius 1 is 1.38 bits per heavy atom. The molecule has 1 fully saturated rings. The largest absolute Gasteiger partial charge is 0.444 e. The number of carbonyl (C=O) groups is 1. The van der Waals surface area contributed by atoms with Crippen LogP contribution in [0.25, 0.3) is 5.57 Å². The quantitative estimate of drug-likeness (QED) is 0.705. The fourth-order valence-corrected chi connectivity index (χ4v) is 3.51. The van der Waals surface area contributed by atoms with Crippen molar-refractivity contribution in [2.45, 2.75) is 44.9 Å². The molecule has 2 unspecified atom stereocenters. The Bertz CT molecular complexity index is 683.